The van der Waals surface area contributed by atoms with Gasteiger partial charge in [-0.05, 0) is 43.2 Å². The van der Waals surface area contributed by atoms with E-state index in [1.165, 1.54) is 29.4 Å². The number of piperazine rings is 1. The van der Waals surface area contributed by atoms with E-state index in [0.717, 1.165) is 17.6 Å². The molecule has 0 amide bonds. The summed E-state index contributed by atoms with van der Waals surface area (Å²) in [7, 11) is -3.32. The van der Waals surface area contributed by atoms with Crippen LogP contribution >= 0.6 is 11.3 Å². The zero-order chi connectivity index (χ0) is 29.2. The fourth-order valence-electron chi connectivity index (χ4n) is 4.16. The molecule has 0 saturated carbocycles. The Bertz CT molecular complexity index is 1620. The number of pyridine rings is 1. The van der Waals surface area contributed by atoms with Gasteiger partial charge in [0.1, 0.15) is 12.1 Å². The van der Waals surface area contributed by atoms with Crippen molar-refractivity contribution in [2.45, 2.75) is 19.1 Å². The van der Waals surface area contributed by atoms with E-state index in [1.54, 1.807) is 35.4 Å². The highest BCUT2D eigenvalue weighted by atomic mass is 32.2. The number of amidine groups is 2. The molecule has 0 aliphatic carbocycles. The normalized spacial score (nSPS) is 16.4. The minimum Gasteiger partial charge on any atom is -0.373 e. The average molecular weight is 588 g/mol. The molecule has 3 heterocycles. The quantitative estimate of drug-likeness (QED) is 0.168. The number of nitrogens with one attached hydrogen (secondary N) is 2. The number of nitrogens with zero attached hydrogens (tertiary/aromatic N) is 5. The van der Waals surface area contributed by atoms with Gasteiger partial charge < -0.3 is 5.11 Å². The van der Waals surface area contributed by atoms with Crippen LogP contribution in [0.4, 0.5) is 8.78 Å². The molecule has 1 aromatic carbocycles. The third-order valence-corrected chi connectivity index (χ3v) is 8.77. The number of sulfonamides is 1. The van der Waals surface area contributed by atoms with E-state index in [9.17, 15) is 13.5 Å². The van der Waals surface area contributed by atoms with Gasteiger partial charge in [-0.2, -0.15) is 23.2 Å². The smallest absolute Gasteiger partial charge is 0.331 e. The predicted octanol–water partition coefficient (Wildman–Crippen LogP) is 3.27. The largest absolute Gasteiger partial charge is 0.373 e. The average Bonchev–Trinajstić information content (AvgIpc) is 3.42. The van der Waals surface area contributed by atoms with Crippen LogP contribution in [0.1, 0.15) is 28.5 Å². The fraction of sp³-hybridized carbons (Fsp3) is 0.308. The second-order valence-electron chi connectivity index (χ2n) is 9.10. The number of alkyl halides is 2. The summed E-state index contributed by atoms with van der Waals surface area (Å²) in [6, 6.07) is 10.3. The highest BCUT2D eigenvalue weighted by Gasteiger charge is 2.42. The number of rotatable bonds is 7. The number of halogens is 2. The van der Waals surface area contributed by atoms with E-state index >= 15 is 8.78 Å². The lowest BCUT2D eigenvalue weighted by atomic mass is 10.0. The molecule has 210 valence electrons. The Morgan fingerprint density at radius 3 is 2.55 bits per heavy atom. The molecule has 1 aliphatic heterocycles. The van der Waals surface area contributed by atoms with Crippen LogP contribution in [-0.2, 0) is 15.9 Å². The summed E-state index contributed by atoms with van der Waals surface area (Å²) in [5.74, 6) is -3.17. The summed E-state index contributed by atoms with van der Waals surface area (Å²) in [5.41, 5.74) is -0.0336. The second-order valence-corrected chi connectivity index (χ2v) is 12.2. The molecule has 3 N–H and O–H groups in total. The maximum atomic E-state index is 15.5. The lowest BCUT2D eigenvalue weighted by Gasteiger charge is -2.35. The molecule has 40 heavy (non-hydrogen) atoms. The zero-order valence-electron chi connectivity index (χ0n) is 21.7. The molecule has 14 heteroatoms. The van der Waals surface area contributed by atoms with E-state index < -0.39 is 39.4 Å². The van der Waals surface area contributed by atoms with Gasteiger partial charge >= 0.3 is 5.92 Å². The Morgan fingerprint density at radius 1 is 1.23 bits per heavy atom. The summed E-state index contributed by atoms with van der Waals surface area (Å²) in [6.45, 7) is 2.32. The van der Waals surface area contributed by atoms with Crippen LogP contribution in [0.2, 0.25) is 0 Å². The third kappa shape index (κ3) is 6.08. The summed E-state index contributed by atoms with van der Waals surface area (Å²) >= 11 is 1.09. The van der Waals surface area contributed by atoms with Crippen molar-refractivity contribution in [3.8, 4) is 12.3 Å². The number of aliphatic hydroxyl groups excluding tert-OH is 1. The van der Waals surface area contributed by atoms with Crippen LogP contribution in [0.25, 0.3) is 10.9 Å². The van der Waals surface area contributed by atoms with Crippen molar-refractivity contribution in [3.05, 3.63) is 64.0 Å². The molecule has 4 rings (SSSR count). The Hall–Kier alpha value is -3.61. The number of hydrogen-bond acceptors (Lipinski definition) is 9. The van der Waals surface area contributed by atoms with Crippen molar-refractivity contribution < 1.29 is 22.3 Å². The zero-order valence-corrected chi connectivity index (χ0v) is 23.3. The van der Waals surface area contributed by atoms with Crippen molar-refractivity contribution in [3.63, 3.8) is 0 Å². The first-order valence-corrected chi connectivity index (χ1v) is 14.7. The minimum absolute atomic E-state index is 0.0970. The van der Waals surface area contributed by atoms with Crippen molar-refractivity contribution in [1.82, 2.24) is 19.2 Å². The third-order valence-electron chi connectivity index (χ3n) is 6.33. The Kier molecular flexibility index (Phi) is 8.43. The van der Waals surface area contributed by atoms with Gasteiger partial charge in [0, 0.05) is 48.2 Å². The van der Waals surface area contributed by atoms with Crippen LogP contribution in [0.5, 0.6) is 0 Å². The summed E-state index contributed by atoms with van der Waals surface area (Å²) in [6.07, 6.45) is 7.30. The SMILES string of the molecule is C#C/C(=N\N(C(C)=N)C(=N)C(F)(F)c1ccc2ncccc2c1)c1ccc(C(O)N2CCN(S(C)(=O)=O)CC2)s1. The van der Waals surface area contributed by atoms with Gasteiger partial charge in [-0.3, -0.25) is 20.7 Å². The molecule has 3 aromatic rings. The topological polar surface area (TPSA) is 137 Å². The first-order chi connectivity index (χ1) is 18.8. The first kappa shape index (κ1) is 29.4. The van der Waals surface area contributed by atoms with E-state index in [-0.39, 0.29) is 18.8 Å². The minimum atomic E-state index is -3.81. The molecule has 0 bridgehead atoms. The van der Waals surface area contributed by atoms with Gasteiger partial charge in [-0.15, -0.1) is 17.8 Å². The molecular weight excluding hydrogens is 560 g/mol. The summed E-state index contributed by atoms with van der Waals surface area (Å²) in [5, 5.41) is 32.2. The number of thiophene rings is 1. The summed E-state index contributed by atoms with van der Waals surface area (Å²) < 4.78 is 55.8. The Labute approximate surface area is 234 Å². The predicted molar refractivity (Wildman–Crippen MR) is 151 cm³/mol. The van der Waals surface area contributed by atoms with E-state index in [0.29, 0.717) is 38.8 Å². The van der Waals surface area contributed by atoms with Crippen molar-refractivity contribution in [2.24, 2.45) is 5.10 Å². The lowest BCUT2D eigenvalue weighted by molar-refractivity contribution is -0.0134. The van der Waals surface area contributed by atoms with Crippen molar-refractivity contribution in [2.75, 3.05) is 32.4 Å². The van der Waals surface area contributed by atoms with Gasteiger partial charge in [-0.1, -0.05) is 12.1 Å². The first-order valence-electron chi connectivity index (χ1n) is 12.0. The molecule has 1 aliphatic rings. The van der Waals surface area contributed by atoms with Crippen LogP contribution in [0.3, 0.4) is 0 Å². The maximum Gasteiger partial charge on any atom is 0.331 e. The van der Waals surface area contributed by atoms with Crippen molar-refractivity contribution >= 4 is 49.6 Å². The number of terminal acetylenes is 1. The van der Waals surface area contributed by atoms with Gasteiger partial charge in [-0.25, -0.2) is 8.42 Å². The maximum absolute atomic E-state index is 15.5. The Balaban J connectivity index is 1.56. The number of fused-ring (bicyclic) bond motifs is 1. The molecule has 10 nitrogen and oxygen atoms in total. The van der Waals surface area contributed by atoms with Gasteiger partial charge in [0.05, 0.1) is 16.6 Å². The van der Waals surface area contributed by atoms with Gasteiger partial charge in [0.25, 0.3) is 0 Å². The second kappa shape index (κ2) is 11.5. The highest BCUT2D eigenvalue weighted by Crippen LogP contribution is 2.33. The van der Waals surface area contributed by atoms with Gasteiger partial charge in [0.2, 0.25) is 10.0 Å². The number of hydrazone groups is 1. The summed E-state index contributed by atoms with van der Waals surface area (Å²) in [4.78, 5) is 6.70. The molecule has 1 atom stereocenters. The van der Waals surface area contributed by atoms with Crippen molar-refractivity contribution in [1.29, 1.82) is 10.8 Å². The molecule has 0 spiro atoms. The number of aromatic nitrogens is 1. The molecule has 2 aromatic heterocycles. The molecular formula is C26H27F2N7O3S2. The molecule has 1 fully saturated rings. The Morgan fingerprint density at radius 2 is 1.93 bits per heavy atom. The molecule has 1 unspecified atom stereocenters. The number of aliphatic hydroxyl groups is 1. The van der Waals surface area contributed by atoms with Gasteiger partial charge in [0.15, 0.2) is 11.5 Å². The van der Waals surface area contributed by atoms with Crippen LogP contribution in [0.15, 0.2) is 53.8 Å². The fourth-order valence-corrected chi connectivity index (χ4v) is 5.96. The number of hydrogen-bond donors (Lipinski definition) is 3. The van der Waals surface area contributed by atoms with Crippen LogP contribution in [0, 0.1) is 23.2 Å². The van der Waals surface area contributed by atoms with E-state index in [2.05, 4.69) is 16.0 Å². The lowest BCUT2D eigenvalue weighted by Crippen LogP contribution is -2.49. The number of benzene rings is 1. The van der Waals surface area contributed by atoms with Crippen LogP contribution < -0.4 is 0 Å². The van der Waals surface area contributed by atoms with E-state index in [4.69, 9.17) is 17.2 Å². The van der Waals surface area contributed by atoms with Crippen LogP contribution in [-0.4, -0.2) is 82.5 Å². The standard InChI is InChI=1S/C26H27F2N7O3S2/c1-4-20(22-9-10-23(39-22)24(36)33-12-14-34(15-13-33)40(3,37)38)32-35(17(2)29)25(30)26(27,28)19-7-8-21-18(16-19)6-5-11-31-21/h1,5-11,16,24,29-30,36H,12-15H2,2-3H3/b29-17?,30-25?,32-20+. The molecule has 1 saturated heterocycles. The monoisotopic (exact) mass is 587 g/mol. The van der Waals surface area contributed by atoms with E-state index in [1.807, 2.05) is 0 Å². The highest BCUT2D eigenvalue weighted by molar-refractivity contribution is 7.88. The molecule has 0 radical (unpaired) electrons.